The SMILES string of the molecule is CCNC(=NCC1(c2ccccc2C)CC1)NCCN(C)CCCOC. The van der Waals surface area contributed by atoms with E-state index in [9.17, 15) is 0 Å². The fourth-order valence-corrected chi connectivity index (χ4v) is 3.36. The van der Waals surface area contributed by atoms with Crippen LogP contribution in [0.15, 0.2) is 29.3 Å². The molecular formula is C21H36N4O. The Bertz CT molecular complexity index is 569. The van der Waals surface area contributed by atoms with Crippen LogP contribution in [0, 0.1) is 6.92 Å². The molecule has 5 nitrogen and oxygen atoms in total. The molecule has 2 N–H and O–H groups in total. The summed E-state index contributed by atoms with van der Waals surface area (Å²) < 4.78 is 5.11. The monoisotopic (exact) mass is 360 g/mol. The number of benzene rings is 1. The summed E-state index contributed by atoms with van der Waals surface area (Å²) in [5.74, 6) is 0.928. The maximum atomic E-state index is 5.11. The van der Waals surface area contributed by atoms with Crippen molar-refractivity contribution in [1.29, 1.82) is 0 Å². The molecule has 5 heteroatoms. The van der Waals surface area contributed by atoms with Crippen molar-refractivity contribution >= 4 is 5.96 Å². The molecule has 1 aromatic carbocycles. The summed E-state index contributed by atoms with van der Waals surface area (Å²) in [6, 6.07) is 8.75. The fraction of sp³-hybridized carbons (Fsp3) is 0.667. The molecule has 1 saturated carbocycles. The number of methoxy groups -OCH3 is 1. The lowest BCUT2D eigenvalue weighted by Crippen LogP contribution is -2.41. The molecule has 0 aliphatic heterocycles. The third-order valence-electron chi connectivity index (χ3n) is 5.13. The molecular weight excluding hydrogens is 324 g/mol. The van der Waals surface area contributed by atoms with E-state index in [4.69, 9.17) is 9.73 Å². The molecule has 146 valence electrons. The number of aryl methyl sites for hydroxylation is 1. The Hall–Kier alpha value is -1.59. The highest BCUT2D eigenvalue weighted by atomic mass is 16.5. The van der Waals surface area contributed by atoms with Crippen LogP contribution in [0.4, 0.5) is 0 Å². The molecule has 0 amide bonds. The van der Waals surface area contributed by atoms with Crippen LogP contribution in [0.3, 0.4) is 0 Å². The van der Waals surface area contributed by atoms with Crippen LogP contribution in [0.5, 0.6) is 0 Å². The van der Waals surface area contributed by atoms with Crippen LogP contribution < -0.4 is 10.6 Å². The summed E-state index contributed by atoms with van der Waals surface area (Å²) in [5.41, 5.74) is 3.11. The smallest absolute Gasteiger partial charge is 0.191 e. The zero-order chi connectivity index (χ0) is 18.8. The standard InChI is InChI=1S/C21H36N4O/c1-5-22-20(23-13-15-25(3)14-8-16-26-4)24-17-21(11-12-21)19-10-7-6-9-18(19)2/h6-7,9-10H,5,8,11-17H2,1-4H3,(H2,22,23,24). The predicted molar refractivity (Wildman–Crippen MR) is 110 cm³/mol. The maximum Gasteiger partial charge on any atom is 0.191 e. The van der Waals surface area contributed by atoms with Crippen molar-refractivity contribution in [2.45, 2.75) is 38.5 Å². The Balaban J connectivity index is 1.84. The topological polar surface area (TPSA) is 48.9 Å². The lowest BCUT2D eigenvalue weighted by Gasteiger charge is -2.19. The van der Waals surface area contributed by atoms with Gasteiger partial charge in [-0.15, -0.1) is 0 Å². The lowest BCUT2D eigenvalue weighted by molar-refractivity contribution is 0.180. The van der Waals surface area contributed by atoms with Gasteiger partial charge in [0.25, 0.3) is 0 Å². The number of hydrogen-bond acceptors (Lipinski definition) is 3. The molecule has 1 aliphatic carbocycles. The predicted octanol–water partition coefficient (Wildman–Crippen LogP) is 2.55. The van der Waals surface area contributed by atoms with Gasteiger partial charge in [0.2, 0.25) is 0 Å². The molecule has 0 saturated heterocycles. The van der Waals surface area contributed by atoms with Crippen molar-refractivity contribution in [1.82, 2.24) is 15.5 Å². The fourth-order valence-electron chi connectivity index (χ4n) is 3.36. The lowest BCUT2D eigenvalue weighted by atomic mass is 9.92. The average Bonchev–Trinajstić information content (AvgIpc) is 3.41. The third-order valence-corrected chi connectivity index (χ3v) is 5.13. The summed E-state index contributed by atoms with van der Waals surface area (Å²) >= 11 is 0. The van der Waals surface area contributed by atoms with E-state index in [-0.39, 0.29) is 5.41 Å². The minimum Gasteiger partial charge on any atom is -0.385 e. The zero-order valence-corrected chi connectivity index (χ0v) is 17.0. The first-order valence-corrected chi connectivity index (χ1v) is 9.87. The molecule has 0 heterocycles. The first kappa shape index (κ1) is 20.7. The molecule has 0 aromatic heterocycles. The van der Waals surface area contributed by atoms with Gasteiger partial charge in [0, 0.05) is 45.3 Å². The molecule has 1 aromatic rings. The molecule has 1 aliphatic rings. The van der Waals surface area contributed by atoms with E-state index in [0.717, 1.165) is 51.7 Å². The molecule has 2 rings (SSSR count). The Morgan fingerprint density at radius 3 is 2.65 bits per heavy atom. The van der Waals surface area contributed by atoms with Gasteiger partial charge in [-0.2, -0.15) is 0 Å². The van der Waals surface area contributed by atoms with Crippen molar-refractivity contribution in [2.75, 3.05) is 53.5 Å². The second kappa shape index (κ2) is 10.5. The van der Waals surface area contributed by atoms with Gasteiger partial charge in [-0.25, -0.2) is 0 Å². The Labute approximate surface area is 159 Å². The third kappa shape index (κ3) is 6.29. The van der Waals surface area contributed by atoms with Gasteiger partial charge in [-0.05, 0) is 51.3 Å². The first-order valence-electron chi connectivity index (χ1n) is 9.87. The van der Waals surface area contributed by atoms with Crippen LogP contribution in [0.1, 0.15) is 37.3 Å². The second-order valence-corrected chi connectivity index (χ2v) is 7.37. The summed E-state index contributed by atoms with van der Waals surface area (Å²) in [6.07, 6.45) is 3.55. The highest BCUT2D eigenvalue weighted by Gasteiger charge is 2.44. The van der Waals surface area contributed by atoms with E-state index in [1.54, 1.807) is 7.11 Å². The van der Waals surface area contributed by atoms with Gasteiger partial charge >= 0.3 is 0 Å². The van der Waals surface area contributed by atoms with Crippen molar-refractivity contribution in [3.8, 4) is 0 Å². The second-order valence-electron chi connectivity index (χ2n) is 7.37. The average molecular weight is 361 g/mol. The quantitative estimate of drug-likeness (QED) is 0.362. The maximum absolute atomic E-state index is 5.11. The normalized spacial score (nSPS) is 16.0. The van der Waals surface area contributed by atoms with Crippen molar-refractivity contribution in [3.05, 3.63) is 35.4 Å². The van der Waals surface area contributed by atoms with E-state index >= 15 is 0 Å². The molecule has 0 radical (unpaired) electrons. The highest BCUT2D eigenvalue weighted by Crippen LogP contribution is 2.49. The molecule has 0 spiro atoms. The van der Waals surface area contributed by atoms with Crippen LogP contribution in [0.25, 0.3) is 0 Å². The number of likely N-dealkylation sites (N-methyl/N-ethyl adjacent to an activating group) is 1. The summed E-state index contributed by atoms with van der Waals surface area (Å²) in [5, 5.41) is 6.85. The van der Waals surface area contributed by atoms with Gasteiger partial charge in [0.15, 0.2) is 5.96 Å². The van der Waals surface area contributed by atoms with Gasteiger partial charge in [0.1, 0.15) is 0 Å². The van der Waals surface area contributed by atoms with E-state index in [1.807, 2.05) is 0 Å². The summed E-state index contributed by atoms with van der Waals surface area (Å²) in [6.45, 7) is 9.83. The molecule has 0 atom stereocenters. The van der Waals surface area contributed by atoms with Crippen LogP contribution >= 0.6 is 0 Å². The summed E-state index contributed by atoms with van der Waals surface area (Å²) in [7, 11) is 3.91. The zero-order valence-electron chi connectivity index (χ0n) is 17.0. The minimum absolute atomic E-state index is 0.255. The van der Waals surface area contributed by atoms with Crippen molar-refractivity contribution < 1.29 is 4.74 Å². The first-order chi connectivity index (χ1) is 12.6. The number of ether oxygens (including phenoxy) is 1. The minimum atomic E-state index is 0.255. The Kier molecular flexibility index (Phi) is 8.39. The van der Waals surface area contributed by atoms with Crippen LogP contribution in [0.2, 0.25) is 0 Å². The van der Waals surface area contributed by atoms with E-state index in [1.165, 1.54) is 24.0 Å². The van der Waals surface area contributed by atoms with E-state index in [2.05, 4.69) is 60.7 Å². The van der Waals surface area contributed by atoms with Gasteiger partial charge in [-0.1, -0.05) is 24.3 Å². The van der Waals surface area contributed by atoms with Gasteiger partial charge in [0.05, 0.1) is 6.54 Å². The van der Waals surface area contributed by atoms with Gasteiger partial charge in [-0.3, -0.25) is 4.99 Å². The van der Waals surface area contributed by atoms with Crippen LogP contribution in [-0.4, -0.2) is 64.3 Å². The molecule has 26 heavy (non-hydrogen) atoms. The number of rotatable bonds is 11. The molecule has 0 unspecified atom stereocenters. The number of hydrogen-bond donors (Lipinski definition) is 2. The number of nitrogens with zero attached hydrogens (tertiary/aromatic N) is 2. The molecule has 1 fully saturated rings. The van der Waals surface area contributed by atoms with E-state index < -0.39 is 0 Å². The number of guanidine groups is 1. The van der Waals surface area contributed by atoms with Crippen molar-refractivity contribution in [3.63, 3.8) is 0 Å². The Morgan fingerprint density at radius 2 is 2.00 bits per heavy atom. The largest absolute Gasteiger partial charge is 0.385 e. The van der Waals surface area contributed by atoms with Gasteiger partial charge < -0.3 is 20.3 Å². The summed E-state index contributed by atoms with van der Waals surface area (Å²) in [4.78, 5) is 7.22. The molecule has 0 bridgehead atoms. The van der Waals surface area contributed by atoms with Crippen LogP contribution in [-0.2, 0) is 10.2 Å². The highest BCUT2D eigenvalue weighted by molar-refractivity contribution is 5.79. The van der Waals surface area contributed by atoms with E-state index in [0.29, 0.717) is 0 Å². The Morgan fingerprint density at radius 1 is 1.23 bits per heavy atom. The number of nitrogens with one attached hydrogen (secondary N) is 2. The number of aliphatic imine (C=N–C) groups is 1. The van der Waals surface area contributed by atoms with Crippen molar-refractivity contribution in [2.24, 2.45) is 4.99 Å².